The summed E-state index contributed by atoms with van der Waals surface area (Å²) in [6, 6.07) is 9.26. The zero-order chi connectivity index (χ0) is 17.9. The third-order valence-electron chi connectivity index (χ3n) is 5.21. The molecule has 2 saturated heterocycles. The lowest BCUT2D eigenvalue weighted by molar-refractivity contribution is 0.270. The minimum atomic E-state index is 1.04. The molecule has 0 aromatic heterocycles. The van der Waals surface area contributed by atoms with Gasteiger partial charge in [-0.3, -0.25) is 9.80 Å². The van der Waals surface area contributed by atoms with Crippen molar-refractivity contribution in [3.05, 3.63) is 35.4 Å². The first-order valence-electron chi connectivity index (χ1n) is 10.3. The predicted molar refractivity (Wildman–Crippen MR) is 108 cm³/mol. The summed E-state index contributed by atoms with van der Waals surface area (Å²) in [5.41, 5.74) is 2.83. The lowest BCUT2D eigenvalue weighted by Gasteiger charge is -2.23. The van der Waals surface area contributed by atoms with Crippen LogP contribution in [0.4, 0.5) is 0 Å². The number of hydrogen-bond donors (Lipinski definition) is 4. The van der Waals surface area contributed by atoms with Gasteiger partial charge in [0.05, 0.1) is 0 Å². The number of benzene rings is 1. The van der Waals surface area contributed by atoms with E-state index in [-0.39, 0.29) is 0 Å². The fraction of sp³-hybridized carbons (Fsp3) is 0.700. The van der Waals surface area contributed by atoms with Crippen LogP contribution in [-0.4, -0.2) is 88.3 Å². The molecule has 1 aromatic carbocycles. The van der Waals surface area contributed by atoms with Gasteiger partial charge in [0.25, 0.3) is 0 Å². The lowest BCUT2D eigenvalue weighted by atomic mass is 10.1. The average molecular weight is 361 g/mol. The Hall–Kier alpha value is -1.02. The van der Waals surface area contributed by atoms with Gasteiger partial charge in [0.2, 0.25) is 0 Å². The highest BCUT2D eigenvalue weighted by molar-refractivity contribution is 5.22. The Kier molecular flexibility index (Phi) is 8.84. The van der Waals surface area contributed by atoms with E-state index in [0.717, 1.165) is 91.6 Å². The van der Waals surface area contributed by atoms with Crippen LogP contribution >= 0.6 is 0 Å². The Morgan fingerprint density at radius 2 is 0.808 bits per heavy atom. The van der Waals surface area contributed by atoms with Gasteiger partial charge in [-0.2, -0.15) is 0 Å². The summed E-state index contributed by atoms with van der Waals surface area (Å²) in [4.78, 5) is 5.08. The molecule has 0 aliphatic carbocycles. The maximum Gasteiger partial charge on any atom is 0.0234 e. The Balaban J connectivity index is 1.48. The van der Waals surface area contributed by atoms with Gasteiger partial charge < -0.3 is 21.3 Å². The molecule has 0 bridgehead atoms. The van der Waals surface area contributed by atoms with E-state index in [0.29, 0.717) is 0 Å². The summed E-state index contributed by atoms with van der Waals surface area (Å²) < 4.78 is 0. The molecule has 0 atom stereocenters. The maximum atomic E-state index is 3.49. The average Bonchev–Trinajstić information content (AvgIpc) is 2.87. The van der Waals surface area contributed by atoms with Crippen LogP contribution < -0.4 is 21.3 Å². The molecule has 146 valence electrons. The topological polar surface area (TPSA) is 54.6 Å². The van der Waals surface area contributed by atoms with E-state index in [2.05, 4.69) is 55.3 Å². The molecule has 26 heavy (non-hydrogen) atoms. The molecular weight excluding hydrogens is 324 g/mol. The van der Waals surface area contributed by atoms with Gasteiger partial charge in [0.1, 0.15) is 0 Å². The third kappa shape index (κ3) is 7.31. The van der Waals surface area contributed by atoms with Crippen molar-refractivity contribution in [3.8, 4) is 0 Å². The summed E-state index contributed by atoms with van der Waals surface area (Å²) in [6.45, 7) is 15.2. The van der Waals surface area contributed by atoms with Crippen molar-refractivity contribution in [3.63, 3.8) is 0 Å². The molecule has 6 heteroatoms. The van der Waals surface area contributed by atoms with Gasteiger partial charge in [0.15, 0.2) is 0 Å². The highest BCUT2D eigenvalue weighted by atomic mass is 15.2. The second-order valence-corrected chi connectivity index (χ2v) is 7.37. The summed E-state index contributed by atoms with van der Waals surface area (Å²) in [6.07, 6.45) is 0. The SMILES string of the molecule is c1cc(CN2CCNCCNCC2)ccc1CN1CCNCCNCC1. The van der Waals surface area contributed by atoms with E-state index in [1.807, 2.05) is 0 Å². The van der Waals surface area contributed by atoms with Crippen molar-refractivity contribution in [2.75, 3.05) is 78.5 Å². The first-order valence-corrected chi connectivity index (χ1v) is 10.3. The predicted octanol–water partition coefficient (Wildman–Crippen LogP) is -0.324. The molecule has 0 unspecified atom stereocenters. The smallest absolute Gasteiger partial charge is 0.0234 e. The van der Waals surface area contributed by atoms with Crippen molar-refractivity contribution in [1.29, 1.82) is 0 Å². The minimum absolute atomic E-state index is 1.04. The van der Waals surface area contributed by atoms with Crippen LogP contribution in [0.25, 0.3) is 0 Å². The second-order valence-electron chi connectivity index (χ2n) is 7.37. The summed E-state index contributed by atoms with van der Waals surface area (Å²) in [5, 5.41) is 14.0. The number of nitrogens with one attached hydrogen (secondary N) is 4. The summed E-state index contributed by atoms with van der Waals surface area (Å²) >= 11 is 0. The van der Waals surface area contributed by atoms with E-state index < -0.39 is 0 Å². The van der Waals surface area contributed by atoms with Crippen LogP contribution in [0, 0.1) is 0 Å². The first-order chi connectivity index (χ1) is 12.9. The molecule has 2 fully saturated rings. The van der Waals surface area contributed by atoms with E-state index in [4.69, 9.17) is 0 Å². The standard InChI is InChI=1S/C20H36N6/c1-2-20(18-26-15-11-23-7-8-24-12-16-26)4-3-19(1)17-25-13-9-21-5-6-22-10-14-25/h1-4,21-24H,5-18H2. The second kappa shape index (κ2) is 11.6. The number of rotatable bonds is 4. The Morgan fingerprint density at radius 3 is 1.12 bits per heavy atom. The summed E-state index contributed by atoms with van der Waals surface area (Å²) in [7, 11) is 0. The van der Waals surface area contributed by atoms with Crippen molar-refractivity contribution in [2.45, 2.75) is 13.1 Å². The minimum Gasteiger partial charge on any atom is -0.314 e. The van der Waals surface area contributed by atoms with E-state index in [1.165, 1.54) is 11.1 Å². The summed E-state index contributed by atoms with van der Waals surface area (Å²) in [5.74, 6) is 0. The molecule has 2 aliphatic rings. The molecule has 1 aromatic rings. The normalized spacial score (nSPS) is 22.5. The van der Waals surface area contributed by atoms with Crippen molar-refractivity contribution < 1.29 is 0 Å². The van der Waals surface area contributed by atoms with Crippen LogP contribution in [0.2, 0.25) is 0 Å². The lowest BCUT2D eigenvalue weighted by Crippen LogP contribution is -2.34. The molecule has 0 spiro atoms. The molecule has 0 amide bonds. The van der Waals surface area contributed by atoms with Gasteiger partial charge in [-0.05, 0) is 11.1 Å². The van der Waals surface area contributed by atoms with Gasteiger partial charge in [-0.25, -0.2) is 0 Å². The molecule has 4 N–H and O–H groups in total. The fourth-order valence-corrected chi connectivity index (χ4v) is 3.61. The van der Waals surface area contributed by atoms with E-state index >= 15 is 0 Å². The Labute approximate surface area is 158 Å². The molecule has 0 radical (unpaired) electrons. The van der Waals surface area contributed by atoms with Crippen molar-refractivity contribution in [2.24, 2.45) is 0 Å². The number of nitrogens with zero attached hydrogens (tertiary/aromatic N) is 2. The zero-order valence-electron chi connectivity index (χ0n) is 16.1. The third-order valence-corrected chi connectivity index (χ3v) is 5.21. The first kappa shape index (κ1) is 19.7. The Bertz CT molecular complexity index is 427. The molecular formula is C20H36N6. The monoisotopic (exact) mass is 360 g/mol. The van der Waals surface area contributed by atoms with Crippen LogP contribution in [0.3, 0.4) is 0 Å². The molecule has 6 nitrogen and oxygen atoms in total. The van der Waals surface area contributed by atoms with Gasteiger partial charge in [-0.1, -0.05) is 24.3 Å². The zero-order valence-corrected chi connectivity index (χ0v) is 16.1. The molecule has 3 rings (SSSR count). The van der Waals surface area contributed by atoms with Gasteiger partial charge in [-0.15, -0.1) is 0 Å². The maximum absolute atomic E-state index is 3.49. The Morgan fingerprint density at radius 1 is 0.500 bits per heavy atom. The highest BCUT2D eigenvalue weighted by Crippen LogP contribution is 2.10. The highest BCUT2D eigenvalue weighted by Gasteiger charge is 2.10. The van der Waals surface area contributed by atoms with Crippen LogP contribution in [-0.2, 0) is 13.1 Å². The van der Waals surface area contributed by atoms with Crippen LogP contribution in [0.5, 0.6) is 0 Å². The largest absolute Gasteiger partial charge is 0.314 e. The van der Waals surface area contributed by atoms with Crippen molar-refractivity contribution in [1.82, 2.24) is 31.1 Å². The van der Waals surface area contributed by atoms with Gasteiger partial charge in [0, 0.05) is 91.6 Å². The van der Waals surface area contributed by atoms with E-state index in [1.54, 1.807) is 0 Å². The molecule has 2 aliphatic heterocycles. The van der Waals surface area contributed by atoms with Gasteiger partial charge >= 0.3 is 0 Å². The fourth-order valence-electron chi connectivity index (χ4n) is 3.61. The van der Waals surface area contributed by atoms with Crippen LogP contribution in [0.15, 0.2) is 24.3 Å². The number of hydrogen-bond acceptors (Lipinski definition) is 6. The van der Waals surface area contributed by atoms with Crippen molar-refractivity contribution >= 4 is 0 Å². The molecule has 0 saturated carbocycles. The van der Waals surface area contributed by atoms with E-state index in [9.17, 15) is 0 Å². The quantitative estimate of drug-likeness (QED) is 0.590. The van der Waals surface area contributed by atoms with Crippen LogP contribution in [0.1, 0.15) is 11.1 Å². The molecule has 2 heterocycles.